The highest BCUT2D eigenvalue weighted by Gasteiger charge is 2.37. The predicted molar refractivity (Wildman–Crippen MR) is 87.1 cm³/mol. The van der Waals surface area contributed by atoms with Crippen LogP contribution >= 0.6 is 11.8 Å². The van der Waals surface area contributed by atoms with Crippen molar-refractivity contribution < 1.29 is 9.59 Å². The molecular weight excluding hydrogens is 284 g/mol. The van der Waals surface area contributed by atoms with E-state index < -0.39 is 0 Å². The maximum atomic E-state index is 12.4. The quantitative estimate of drug-likeness (QED) is 0.782. The second-order valence-corrected chi connectivity index (χ2v) is 6.72. The Morgan fingerprint density at radius 3 is 2.48 bits per heavy atom. The third-order valence-electron chi connectivity index (χ3n) is 3.78. The fraction of sp³-hybridized carbons (Fsp3) is 0.500. The molecule has 0 bridgehead atoms. The number of thioether (sulfide) groups is 1. The molecule has 1 aromatic heterocycles. The third-order valence-corrected chi connectivity index (χ3v) is 4.66. The molecule has 0 aromatic carbocycles. The standard InChI is InChI=1S/C16H22N2O2S/c1-6-11(4)18-15(19)14(21-16(18)20)8-13-7-12(5)17(9-13)10(2)3/h7-11H,6H2,1-5H3/b14-8-. The zero-order valence-corrected chi connectivity index (χ0v) is 14.0. The molecule has 5 heteroatoms. The SMILES string of the molecule is CCC(C)N1C(=O)S/C(=C\c2cc(C)n(C(C)C)c2)C1=O. The van der Waals surface area contributed by atoms with Crippen LogP contribution in [0.1, 0.15) is 51.4 Å². The van der Waals surface area contributed by atoms with Crippen LogP contribution in [0, 0.1) is 6.92 Å². The van der Waals surface area contributed by atoms with Gasteiger partial charge in [0.25, 0.3) is 11.1 Å². The Hall–Kier alpha value is -1.49. The molecular formula is C16H22N2O2S. The van der Waals surface area contributed by atoms with Crippen molar-refractivity contribution in [3.8, 4) is 0 Å². The van der Waals surface area contributed by atoms with Gasteiger partial charge in [-0.15, -0.1) is 0 Å². The van der Waals surface area contributed by atoms with Gasteiger partial charge in [0.05, 0.1) is 4.91 Å². The summed E-state index contributed by atoms with van der Waals surface area (Å²) in [6.45, 7) is 10.2. The Bertz CT molecular complexity index is 601. The summed E-state index contributed by atoms with van der Waals surface area (Å²) in [5.41, 5.74) is 2.12. The summed E-state index contributed by atoms with van der Waals surface area (Å²) in [6.07, 6.45) is 4.62. The van der Waals surface area contributed by atoms with E-state index in [-0.39, 0.29) is 17.2 Å². The molecule has 2 rings (SSSR count). The molecule has 1 unspecified atom stereocenters. The molecule has 114 valence electrons. The summed E-state index contributed by atoms with van der Waals surface area (Å²) in [7, 11) is 0. The first kappa shape index (κ1) is 15.9. The van der Waals surface area contributed by atoms with E-state index in [4.69, 9.17) is 0 Å². The highest BCUT2D eigenvalue weighted by Crippen LogP contribution is 2.34. The first-order chi connectivity index (χ1) is 9.85. The van der Waals surface area contributed by atoms with Crippen LogP contribution in [0.3, 0.4) is 0 Å². The van der Waals surface area contributed by atoms with Crippen molar-refractivity contribution >= 4 is 29.0 Å². The summed E-state index contributed by atoms with van der Waals surface area (Å²) in [5.74, 6) is -0.172. The summed E-state index contributed by atoms with van der Waals surface area (Å²) in [4.78, 5) is 26.2. The molecule has 0 aliphatic carbocycles. The predicted octanol–water partition coefficient (Wildman–Crippen LogP) is 4.21. The van der Waals surface area contributed by atoms with Gasteiger partial charge in [-0.2, -0.15) is 0 Å². The molecule has 1 aliphatic rings. The van der Waals surface area contributed by atoms with Gasteiger partial charge in [0.1, 0.15) is 0 Å². The lowest BCUT2D eigenvalue weighted by atomic mass is 10.2. The summed E-state index contributed by atoms with van der Waals surface area (Å²) in [5, 5.41) is -0.166. The van der Waals surface area contributed by atoms with E-state index in [9.17, 15) is 9.59 Å². The summed E-state index contributed by atoms with van der Waals surface area (Å²) >= 11 is 1.03. The monoisotopic (exact) mass is 306 g/mol. The lowest BCUT2D eigenvalue weighted by Gasteiger charge is -2.19. The molecule has 0 spiro atoms. The van der Waals surface area contributed by atoms with Gasteiger partial charge in [-0.25, -0.2) is 0 Å². The van der Waals surface area contributed by atoms with E-state index >= 15 is 0 Å². The minimum absolute atomic E-state index is 0.0506. The zero-order valence-electron chi connectivity index (χ0n) is 13.2. The van der Waals surface area contributed by atoms with E-state index in [0.29, 0.717) is 10.9 Å². The van der Waals surface area contributed by atoms with E-state index in [1.165, 1.54) is 4.90 Å². The normalized spacial score (nSPS) is 19.1. The fourth-order valence-electron chi connectivity index (χ4n) is 2.44. The number of hydrogen-bond acceptors (Lipinski definition) is 3. The molecule has 0 saturated carbocycles. The van der Waals surface area contributed by atoms with E-state index in [0.717, 1.165) is 29.4 Å². The average molecular weight is 306 g/mol. The number of hydrogen-bond donors (Lipinski definition) is 0. The minimum atomic E-state index is -0.172. The number of imide groups is 1. The van der Waals surface area contributed by atoms with Crippen molar-refractivity contribution in [2.45, 2.75) is 53.1 Å². The lowest BCUT2D eigenvalue weighted by molar-refractivity contribution is -0.124. The molecule has 21 heavy (non-hydrogen) atoms. The molecule has 1 saturated heterocycles. The van der Waals surface area contributed by atoms with E-state index in [1.807, 2.05) is 39.1 Å². The topological polar surface area (TPSA) is 42.3 Å². The molecule has 2 heterocycles. The van der Waals surface area contributed by atoms with Crippen molar-refractivity contribution in [1.29, 1.82) is 0 Å². The van der Waals surface area contributed by atoms with Crippen LogP contribution < -0.4 is 0 Å². The molecule has 1 aliphatic heterocycles. The van der Waals surface area contributed by atoms with Gasteiger partial charge in [0.2, 0.25) is 0 Å². The van der Waals surface area contributed by atoms with Crippen molar-refractivity contribution in [2.75, 3.05) is 0 Å². The van der Waals surface area contributed by atoms with Gasteiger partial charge < -0.3 is 4.57 Å². The molecule has 4 nitrogen and oxygen atoms in total. The number of rotatable bonds is 4. The Morgan fingerprint density at radius 1 is 1.29 bits per heavy atom. The van der Waals surface area contributed by atoms with Gasteiger partial charge in [0.15, 0.2) is 0 Å². The van der Waals surface area contributed by atoms with Crippen LogP contribution in [0.15, 0.2) is 17.2 Å². The van der Waals surface area contributed by atoms with Gasteiger partial charge in [0, 0.05) is 24.0 Å². The van der Waals surface area contributed by atoms with Crippen LogP contribution in [0.25, 0.3) is 6.08 Å². The largest absolute Gasteiger partial charge is 0.349 e. The number of carbonyl (C=O) groups is 2. The molecule has 1 aromatic rings. The van der Waals surface area contributed by atoms with Crippen LogP contribution in [-0.4, -0.2) is 26.7 Å². The van der Waals surface area contributed by atoms with Crippen LogP contribution in [0.4, 0.5) is 4.79 Å². The lowest BCUT2D eigenvalue weighted by Crippen LogP contribution is -2.36. The second-order valence-electron chi connectivity index (χ2n) is 5.72. The van der Waals surface area contributed by atoms with Crippen molar-refractivity contribution in [2.24, 2.45) is 0 Å². The summed E-state index contributed by atoms with van der Waals surface area (Å²) in [6, 6.07) is 2.37. The number of aryl methyl sites for hydroxylation is 1. The number of aromatic nitrogens is 1. The smallest absolute Gasteiger partial charge is 0.293 e. The molecule has 1 fully saturated rings. The van der Waals surface area contributed by atoms with Gasteiger partial charge >= 0.3 is 0 Å². The third kappa shape index (κ3) is 3.07. The minimum Gasteiger partial charge on any atom is -0.349 e. The Balaban J connectivity index is 2.29. The Kier molecular flexibility index (Phi) is 4.61. The van der Waals surface area contributed by atoms with Gasteiger partial charge in [-0.1, -0.05) is 6.92 Å². The maximum Gasteiger partial charge on any atom is 0.293 e. The average Bonchev–Trinajstić information content (AvgIpc) is 2.90. The van der Waals surface area contributed by atoms with Gasteiger partial charge in [-0.3, -0.25) is 14.5 Å². The highest BCUT2D eigenvalue weighted by molar-refractivity contribution is 8.18. The fourth-order valence-corrected chi connectivity index (χ4v) is 3.37. The zero-order chi connectivity index (χ0) is 15.7. The van der Waals surface area contributed by atoms with Crippen LogP contribution in [0.5, 0.6) is 0 Å². The number of nitrogens with zero attached hydrogens (tertiary/aromatic N) is 2. The Labute approximate surface area is 130 Å². The van der Waals surface area contributed by atoms with Gasteiger partial charge in [-0.05, 0) is 63.6 Å². The number of amides is 2. The Morgan fingerprint density at radius 2 is 1.95 bits per heavy atom. The number of carbonyl (C=O) groups excluding carboxylic acids is 2. The van der Waals surface area contributed by atoms with Crippen molar-refractivity contribution in [3.05, 3.63) is 28.4 Å². The molecule has 0 radical (unpaired) electrons. The van der Waals surface area contributed by atoms with E-state index in [1.54, 1.807) is 0 Å². The van der Waals surface area contributed by atoms with E-state index in [2.05, 4.69) is 18.4 Å². The van der Waals surface area contributed by atoms with Crippen LogP contribution in [-0.2, 0) is 4.79 Å². The van der Waals surface area contributed by atoms with Crippen molar-refractivity contribution in [3.63, 3.8) is 0 Å². The maximum absolute atomic E-state index is 12.4. The molecule has 0 N–H and O–H groups in total. The molecule has 1 atom stereocenters. The summed E-state index contributed by atoms with van der Waals surface area (Å²) < 4.78 is 2.16. The second kappa shape index (κ2) is 6.10. The van der Waals surface area contributed by atoms with Crippen molar-refractivity contribution in [1.82, 2.24) is 9.47 Å². The first-order valence-electron chi connectivity index (χ1n) is 7.30. The molecule has 2 amide bonds. The van der Waals surface area contributed by atoms with Crippen LogP contribution in [0.2, 0.25) is 0 Å². The first-order valence-corrected chi connectivity index (χ1v) is 8.12. The highest BCUT2D eigenvalue weighted by atomic mass is 32.2.